The second-order valence-corrected chi connectivity index (χ2v) is 3.47. The molecule has 0 aliphatic carbocycles. The summed E-state index contributed by atoms with van der Waals surface area (Å²) in [4.78, 5) is 0. The topological polar surface area (TPSA) is 30.5 Å². The molecule has 4 heteroatoms. The van der Waals surface area contributed by atoms with Gasteiger partial charge in [-0.05, 0) is 30.8 Å². The van der Waals surface area contributed by atoms with Crippen molar-refractivity contribution in [3.05, 3.63) is 30.1 Å². The van der Waals surface area contributed by atoms with Gasteiger partial charge in [-0.1, -0.05) is 6.92 Å². The van der Waals surface area contributed by atoms with Crippen LogP contribution in [0, 0.1) is 5.82 Å². The SMILES string of the molecule is CCNC(COC)COc1ccc(F)cc1. The van der Waals surface area contributed by atoms with Crippen LogP contribution >= 0.6 is 0 Å². The van der Waals surface area contributed by atoms with Crippen molar-refractivity contribution in [2.24, 2.45) is 0 Å². The molecule has 0 amide bonds. The van der Waals surface area contributed by atoms with E-state index >= 15 is 0 Å². The summed E-state index contributed by atoms with van der Waals surface area (Å²) in [5, 5.41) is 3.24. The van der Waals surface area contributed by atoms with Gasteiger partial charge in [0.05, 0.1) is 12.6 Å². The van der Waals surface area contributed by atoms with E-state index in [0.29, 0.717) is 19.0 Å². The molecule has 1 atom stereocenters. The summed E-state index contributed by atoms with van der Waals surface area (Å²) in [5.41, 5.74) is 0. The van der Waals surface area contributed by atoms with E-state index in [2.05, 4.69) is 5.32 Å². The molecular weight excluding hydrogens is 209 g/mol. The van der Waals surface area contributed by atoms with Gasteiger partial charge in [0.25, 0.3) is 0 Å². The van der Waals surface area contributed by atoms with E-state index < -0.39 is 0 Å². The third kappa shape index (κ3) is 4.59. The zero-order chi connectivity index (χ0) is 11.8. The second-order valence-electron chi connectivity index (χ2n) is 3.47. The Morgan fingerprint density at radius 2 is 1.94 bits per heavy atom. The van der Waals surface area contributed by atoms with Crippen LogP contribution in [0.3, 0.4) is 0 Å². The van der Waals surface area contributed by atoms with Crippen LogP contribution in [-0.4, -0.2) is 32.9 Å². The first-order chi connectivity index (χ1) is 7.76. The summed E-state index contributed by atoms with van der Waals surface area (Å²) >= 11 is 0. The van der Waals surface area contributed by atoms with Crippen molar-refractivity contribution in [2.45, 2.75) is 13.0 Å². The smallest absolute Gasteiger partial charge is 0.123 e. The summed E-state index contributed by atoms with van der Waals surface area (Å²) < 4.78 is 23.2. The standard InChI is InChI=1S/C12H18FNO2/c1-3-14-11(8-15-2)9-16-12-6-4-10(13)5-7-12/h4-7,11,14H,3,8-9H2,1-2H3. The van der Waals surface area contributed by atoms with Crippen molar-refractivity contribution < 1.29 is 13.9 Å². The predicted octanol–water partition coefficient (Wildman–Crippen LogP) is 1.83. The van der Waals surface area contributed by atoms with Gasteiger partial charge in [0.15, 0.2) is 0 Å². The monoisotopic (exact) mass is 227 g/mol. The zero-order valence-corrected chi connectivity index (χ0v) is 9.70. The number of nitrogens with one attached hydrogen (secondary N) is 1. The lowest BCUT2D eigenvalue weighted by molar-refractivity contribution is 0.137. The Labute approximate surface area is 95.6 Å². The molecule has 0 spiro atoms. The quantitative estimate of drug-likeness (QED) is 0.771. The molecule has 90 valence electrons. The fourth-order valence-electron chi connectivity index (χ4n) is 1.38. The molecule has 1 aromatic rings. The van der Waals surface area contributed by atoms with Crippen LogP contribution in [0.15, 0.2) is 24.3 Å². The summed E-state index contributed by atoms with van der Waals surface area (Å²) in [6, 6.07) is 6.15. The maximum atomic E-state index is 12.6. The van der Waals surface area contributed by atoms with Gasteiger partial charge < -0.3 is 14.8 Å². The molecule has 0 fully saturated rings. The van der Waals surface area contributed by atoms with Crippen LogP contribution in [0.1, 0.15) is 6.92 Å². The summed E-state index contributed by atoms with van der Waals surface area (Å²) in [6.07, 6.45) is 0. The number of rotatable bonds is 7. The minimum atomic E-state index is -0.257. The molecule has 1 N–H and O–H groups in total. The van der Waals surface area contributed by atoms with E-state index in [1.807, 2.05) is 6.92 Å². The first-order valence-electron chi connectivity index (χ1n) is 5.37. The predicted molar refractivity (Wildman–Crippen MR) is 61.2 cm³/mol. The molecular formula is C12H18FNO2. The highest BCUT2D eigenvalue weighted by Gasteiger charge is 2.07. The Morgan fingerprint density at radius 1 is 1.25 bits per heavy atom. The van der Waals surface area contributed by atoms with Crippen LogP contribution in [0.2, 0.25) is 0 Å². The van der Waals surface area contributed by atoms with Gasteiger partial charge in [0.2, 0.25) is 0 Å². The van der Waals surface area contributed by atoms with Gasteiger partial charge in [-0.3, -0.25) is 0 Å². The molecule has 0 saturated heterocycles. The molecule has 0 radical (unpaired) electrons. The molecule has 0 heterocycles. The Bertz CT molecular complexity index is 284. The van der Waals surface area contributed by atoms with E-state index in [9.17, 15) is 4.39 Å². The van der Waals surface area contributed by atoms with Gasteiger partial charge in [0, 0.05) is 7.11 Å². The first kappa shape index (κ1) is 12.9. The highest BCUT2D eigenvalue weighted by atomic mass is 19.1. The van der Waals surface area contributed by atoms with E-state index in [1.54, 1.807) is 19.2 Å². The fourth-order valence-corrected chi connectivity index (χ4v) is 1.38. The van der Waals surface area contributed by atoms with Gasteiger partial charge >= 0.3 is 0 Å². The van der Waals surface area contributed by atoms with Gasteiger partial charge in [-0.25, -0.2) is 4.39 Å². The summed E-state index contributed by atoms with van der Waals surface area (Å²) in [5.74, 6) is 0.410. The normalized spacial score (nSPS) is 12.4. The van der Waals surface area contributed by atoms with Crippen molar-refractivity contribution in [2.75, 3.05) is 26.9 Å². The van der Waals surface area contributed by atoms with Crippen LogP contribution < -0.4 is 10.1 Å². The number of hydrogen-bond donors (Lipinski definition) is 1. The van der Waals surface area contributed by atoms with Gasteiger partial charge in [0.1, 0.15) is 18.2 Å². The zero-order valence-electron chi connectivity index (χ0n) is 9.70. The Balaban J connectivity index is 2.38. The lowest BCUT2D eigenvalue weighted by Gasteiger charge is -2.17. The van der Waals surface area contributed by atoms with E-state index in [0.717, 1.165) is 6.54 Å². The molecule has 1 unspecified atom stereocenters. The molecule has 0 aliphatic rings. The highest BCUT2D eigenvalue weighted by molar-refractivity contribution is 5.22. The average molecular weight is 227 g/mol. The fraction of sp³-hybridized carbons (Fsp3) is 0.500. The third-order valence-electron chi connectivity index (χ3n) is 2.13. The number of likely N-dealkylation sites (N-methyl/N-ethyl adjacent to an activating group) is 1. The minimum absolute atomic E-state index is 0.153. The molecule has 0 saturated carbocycles. The summed E-state index contributed by atoms with van der Waals surface area (Å²) in [6.45, 7) is 3.99. The second kappa shape index (κ2) is 7.19. The van der Waals surface area contributed by atoms with Crippen LogP contribution in [-0.2, 0) is 4.74 Å². The number of benzene rings is 1. The molecule has 1 rings (SSSR count). The lowest BCUT2D eigenvalue weighted by atomic mass is 10.3. The maximum absolute atomic E-state index is 12.6. The van der Waals surface area contributed by atoms with E-state index in [-0.39, 0.29) is 11.9 Å². The largest absolute Gasteiger partial charge is 0.492 e. The van der Waals surface area contributed by atoms with Gasteiger partial charge in [-0.2, -0.15) is 0 Å². The van der Waals surface area contributed by atoms with Crippen molar-refractivity contribution >= 4 is 0 Å². The van der Waals surface area contributed by atoms with Crippen molar-refractivity contribution in [3.63, 3.8) is 0 Å². The maximum Gasteiger partial charge on any atom is 0.123 e. The summed E-state index contributed by atoms with van der Waals surface area (Å²) in [7, 11) is 1.65. The lowest BCUT2D eigenvalue weighted by Crippen LogP contribution is -2.38. The molecule has 0 aromatic heterocycles. The molecule has 0 aliphatic heterocycles. The minimum Gasteiger partial charge on any atom is -0.492 e. The molecule has 3 nitrogen and oxygen atoms in total. The van der Waals surface area contributed by atoms with Crippen molar-refractivity contribution in [1.29, 1.82) is 0 Å². The van der Waals surface area contributed by atoms with Crippen LogP contribution in [0.25, 0.3) is 0 Å². The first-order valence-corrected chi connectivity index (χ1v) is 5.37. The molecule has 16 heavy (non-hydrogen) atoms. The van der Waals surface area contributed by atoms with E-state index in [1.165, 1.54) is 12.1 Å². The Hall–Kier alpha value is -1.13. The van der Waals surface area contributed by atoms with E-state index in [4.69, 9.17) is 9.47 Å². The van der Waals surface area contributed by atoms with Crippen molar-refractivity contribution in [1.82, 2.24) is 5.32 Å². The number of hydrogen-bond acceptors (Lipinski definition) is 3. The van der Waals surface area contributed by atoms with Crippen LogP contribution in [0.4, 0.5) is 4.39 Å². The van der Waals surface area contributed by atoms with Crippen molar-refractivity contribution in [3.8, 4) is 5.75 Å². The van der Waals surface area contributed by atoms with Crippen LogP contribution in [0.5, 0.6) is 5.75 Å². The molecule has 0 bridgehead atoms. The number of ether oxygens (including phenoxy) is 2. The third-order valence-corrected chi connectivity index (χ3v) is 2.13. The number of methoxy groups -OCH3 is 1. The Kier molecular flexibility index (Phi) is 5.82. The highest BCUT2D eigenvalue weighted by Crippen LogP contribution is 2.11. The number of halogens is 1. The Morgan fingerprint density at radius 3 is 2.50 bits per heavy atom. The molecule has 1 aromatic carbocycles. The average Bonchev–Trinajstić information content (AvgIpc) is 2.29. The van der Waals surface area contributed by atoms with Gasteiger partial charge in [-0.15, -0.1) is 0 Å².